The molecule has 0 saturated heterocycles. The summed E-state index contributed by atoms with van der Waals surface area (Å²) in [5.41, 5.74) is 1.16. The van der Waals surface area contributed by atoms with Gasteiger partial charge in [0.2, 0.25) is 0 Å². The van der Waals surface area contributed by atoms with E-state index >= 15 is 0 Å². The predicted octanol–water partition coefficient (Wildman–Crippen LogP) is 0.333. The highest BCUT2D eigenvalue weighted by Gasteiger charge is 2.11. The Kier molecular flexibility index (Phi) is 5.44. The molecule has 1 aliphatic rings. The van der Waals surface area contributed by atoms with Crippen LogP contribution in [0.25, 0.3) is 0 Å². The van der Waals surface area contributed by atoms with Crippen LogP contribution < -0.4 is 14.8 Å². The molecule has 3 N–H and O–H groups in total. The molecule has 106 valence electrons. The normalized spacial score (nSPS) is 15.3. The van der Waals surface area contributed by atoms with Gasteiger partial charge in [-0.1, -0.05) is 6.07 Å². The van der Waals surface area contributed by atoms with Gasteiger partial charge in [0.25, 0.3) is 0 Å². The van der Waals surface area contributed by atoms with Crippen LogP contribution in [0, 0.1) is 0 Å². The van der Waals surface area contributed by atoms with Crippen LogP contribution >= 0.6 is 0 Å². The van der Waals surface area contributed by atoms with Crippen molar-refractivity contribution in [2.45, 2.75) is 18.9 Å². The minimum atomic E-state index is -0.0396. The molecule has 19 heavy (non-hydrogen) atoms. The first-order valence-corrected chi connectivity index (χ1v) is 6.67. The average molecular weight is 267 g/mol. The van der Waals surface area contributed by atoms with E-state index in [1.165, 1.54) is 0 Å². The number of aliphatic hydroxyl groups excluding tert-OH is 2. The standard InChI is InChI=1S/C14H21NO4/c16-6-4-12(10-17)15-5-3-11-1-2-13-14(9-11)19-8-7-18-13/h1-2,9,12,15-17H,3-8,10H2. The first-order chi connectivity index (χ1) is 9.33. The van der Waals surface area contributed by atoms with Crippen molar-refractivity contribution in [3.63, 3.8) is 0 Å². The molecule has 1 unspecified atom stereocenters. The Labute approximate surface area is 113 Å². The molecule has 1 aromatic rings. The summed E-state index contributed by atoms with van der Waals surface area (Å²) in [4.78, 5) is 0. The van der Waals surface area contributed by atoms with E-state index in [4.69, 9.17) is 19.7 Å². The highest BCUT2D eigenvalue weighted by molar-refractivity contribution is 5.43. The smallest absolute Gasteiger partial charge is 0.161 e. The molecule has 0 aliphatic carbocycles. The summed E-state index contributed by atoms with van der Waals surface area (Å²) in [6.45, 7) is 2.08. The quantitative estimate of drug-likeness (QED) is 0.664. The van der Waals surface area contributed by atoms with Gasteiger partial charge in [0.1, 0.15) is 13.2 Å². The maximum atomic E-state index is 9.10. The van der Waals surface area contributed by atoms with E-state index in [2.05, 4.69) is 5.32 Å². The lowest BCUT2D eigenvalue weighted by Crippen LogP contribution is -2.34. The van der Waals surface area contributed by atoms with E-state index in [-0.39, 0.29) is 19.3 Å². The molecule has 2 rings (SSSR count). The third kappa shape index (κ3) is 4.09. The van der Waals surface area contributed by atoms with E-state index in [0.717, 1.165) is 30.0 Å². The second-order valence-corrected chi connectivity index (χ2v) is 4.57. The summed E-state index contributed by atoms with van der Waals surface area (Å²) >= 11 is 0. The summed E-state index contributed by atoms with van der Waals surface area (Å²) in [5.74, 6) is 1.61. The zero-order chi connectivity index (χ0) is 13.5. The third-order valence-corrected chi connectivity index (χ3v) is 3.15. The molecular weight excluding hydrogens is 246 g/mol. The highest BCUT2D eigenvalue weighted by Crippen LogP contribution is 2.30. The summed E-state index contributed by atoms with van der Waals surface area (Å²) in [7, 11) is 0. The Morgan fingerprint density at radius 1 is 1.16 bits per heavy atom. The minimum absolute atomic E-state index is 0.0396. The number of hydrogen-bond donors (Lipinski definition) is 3. The molecule has 0 fully saturated rings. The lowest BCUT2D eigenvalue weighted by Gasteiger charge is -2.19. The summed E-state index contributed by atoms with van der Waals surface area (Å²) in [5, 5.41) is 21.2. The van der Waals surface area contributed by atoms with Crippen LogP contribution in [-0.4, -0.2) is 49.2 Å². The lowest BCUT2D eigenvalue weighted by atomic mass is 10.1. The van der Waals surface area contributed by atoms with Crippen molar-refractivity contribution in [1.29, 1.82) is 0 Å². The zero-order valence-electron chi connectivity index (χ0n) is 11.0. The molecule has 5 heteroatoms. The maximum absolute atomic E-state index is 9.10. The van der Waals surface area contributed by atoms with E-state index in [1.54, 1.807) is 0 Å². The van der Waals surface area contributed by atoms with Crippen molar-refractivity contribution < 1.29 is 19.7 Å². The molecule has 0 spiro atoms. The topological polar surface area (TPSA) is 71.0 Å². The molecule has 0 saturated carbocycles. The van der Waals surface area contributed by atoms with Gasteiger partial charge in [-0.05, 0) is 37.1 Å². The van der Waals surface area contributed by atoms with Crippen LogP contribution in [0.15, 0.2) is 18.2 Å². The van der Waals surface area contributed by atoms with Crippen molar-refractivity contribution in [3.8, 4) is 11.5 Å². The number of hydrogen-bond acceptors (Lipinski definition) is 5. The number of rotatable bonds is 7. The van der Waals surface area contributed by atoms with Crippen molar-refractivity contribution in [2.75, 3.05) is 33.0 Å². The third-order valence-electron chi connectivity index (χ3n) is 3.15. The Balaban J connectivity index is 1.82. The molecule has 1 aliphatic heterocycles. The fraction of sp³-hybridized carbons (Fsp3) is 0.571. The fourth-order valence-corrected chi connectivity index (χ4v) is 2.08. The van der Waals surface area contributed by atoms with Gasteiger partial charge in [-0.3, -0.25) is 0 Å². The monoisotopic (exact) mass is 267 g/mol. The SMILES string of the molecule is OCCC(CO)NCCc1ccc2c(c1)OCCO2. The lowest BCUT2D eigenvalue weighted by molar-refractivity contribution is 0.171. The van der Waals surface area contributed by atoms with Crippen molar-refractivity contribution in [2.24, 2.45) is 0 Å². The van der Waals surface area contributed by atoms with E-state index in [1.807, 2.05) is 18.2 Å². The number of aliphatic hydroxyl groups is 2. The average Bonchev–Trinajstić information content (AvgIpc) is 2.46. The molecule has 0 aromatic heterocycles. The second kappa shape index (κ2) is 7.33. The summed E-state index contributed by atoms with van der Waals surface area (Å²) in [6.07, 6.45) is 1.41. The van der Waals surface area contributed by atoms with Crippen LogP contribution in [0.3, 0.4) is 0 Å². The van der Waals surface area contributed by atoms with Gasteiger partial charge in [0.05, 0.1) is 6.61 Å². The number of ether oxygens (including phenoxy) is 2. The van der Waals surface area contributed by atoms with Crippen molar-refractivity contribution in [1.82, 2.24) is 5.32 Å². The Bertz CT molecular complexity index is 397. The molecule has 0 amide bonds. The van der Waals surface area contributed by atoms with Crippen LogP contribution in [0.1, 0.15) is 12.0 Å². The number of nitrogens with one attached hydrogen (secondary N) is 1. The van der Waals surface area contributed by atoms with Crippen molar-refractivity contribution in [3.05, 3.63) is 23.8 Å². The first-order valence-electron chi connectivity index (χ1n) is 6.67. The largest absolute Gasteiger partial charge is 0.486 e. The van der Waals surface area contributed by atoms with E-state index in [9.17, 15) is 0 Å². The molecule has 1 heterocycles. The van der Waals surface area contributed by atoms with E-state index in [0.29, 0.717) is 19.6 Å². The first kappa shape index (κ1) is 14.1. The van der Waals surface area contributed by atoms with Gasteiger partial charge in [-0.25, -0.2) is 0 Å². The summed E-state index contributed by atoms with van der Waals surface area (Å²) < 4.78 is 11.0. The molecule has 0 bridgehead atoms. The Hall–Kier alpha value is -1.30. The van der Waals surface area contributed by atoms with Gasteiger partial charge < -0.3 is 25.0 Å². The molecule has 0 radical (unpaired) electrons. The van der Waals surface area contributed by atoms with Gasteiger partial charge in [-0.15, -0.1) is 0 Å². The van der Waals surface area contributed by atoms with Gasteiger partial charge in [0, 0.05) is 12.6 Å². The molecule has 1 aromatic carbocycles. The number of fused-ring (bicyclic) bond motifs is 1. The second-order valence-electron chi connectivity index (χ2n) is 4.57. The summed E-state index contributed by atoms with van der Waals surface area (Å²) in [6, 6.07) is 5.91. The highest BCUT2D eigenvalue weighted by atomic mass is 16.6. The van der Waals surface area contributed by atoms with Crippen LogP contribution in [-0.2, 0) is 6.42 Å². The zero-order valence-corrected chi connectivity index (χ0v) is 11.0. The Morgan fingerprint density at radius 3 is 2.68 bits per heavy atom. The van der Waals surface area contributed by atoms with Crippen LogP contribution in [0.5, 0.6) is 11.5 Å². The van der Waals surface area contributed by atoms with Gasteiger partial charge >= 0.3 is 0 Å². The van der Waals surface area contributed by atoms with E-state index < -0.39 is 0 Å². The molecular formula is C14H21NO4. The van der Waals surface area contributed by atoms with Gasteiger partial charge in [-0.2, -0.15) is 0 Å². The molecule has 1 atom stereocenters. The number of benzene rings is 1. The van der Waals surface area contributed by atoms with Crippen molar-refractivity contribution >= 4 is 0 Å². The minimum Gasteiger partial charge on any atom is -0.486 e. The van der Waals surface area contributed by atoms with Gasteiger partial charge in [0.15, 0.2) is 11.5 Å². The Morgan fingerprint density at radius 2 is 1.95 bits per heavy atom. The fourth-order valence-electron chi connectivity index (χ4n) is 2.08. The van der Waals surface area contributed by atoms with Crippen LogP contribution in [0.2, 0.25) is 0 Å². The predicted molar refractivity (Wildman–Crippen MR) is 71.7 cm³/mol. The maximum Gasteiger partial charge on any atom is 0.161 e. The van der Waals surface area contributed by atoms with Crippen LogP contribution in [0.4, 0.5) is 0 Å². The molecule has 5 nitrogen and oxygen atoms in total.